The number of benzene rings is 2. The Morgan fingerprint density at radius 1 is 1.17 bits per heavy atom. The summed E-state index contributed by atoms with van der Waals surface area (Å²) in [7, 11) is 0. The third-order valence-electron chi connectivity index (χ3n) is 5.23. The molecule has 23 heavy (non-hydrogen) atoms. The lowest BCUT2D eigenvalue weighted by molar-refractivity contribution is 0.100. The van der Waals surface area contributed by atoms with Gasteiger partial charge in [-0.1, -0.05) is 31.0 Å². The quantitative estimate of drug-likeness (QED) is 0.766. The molecule has 2 aromatic carbocycles. The summed E-state index contributed by atoms with van der Waals surface area (Å²) in [5, 5.41) is 2.14. The molecule has 0 saturated heterocycles. The van der Waals surface area contributed by atoms with Gasteiger partial charge in [-0.2, -0.15) is 0 Å². The second-order valence-corrected chi connectivity index (χ2v) is 6.85. The summed E-state index contributed by atoms with van der Waals surface area (Å²) in [6.45, 7) is 3.15. The summed E-state index contributed by atoms with van der Waals surface area (Å²) in [5.74, 6) is 0.391. The fraction of sp³-hybridized carbons (Fsp3) is 0.350. The molecule has 1 fully saturated rings. The summed E-state index contributed by atoms with van der Waals surface area (Å²) in [4.78, 5) is 11.9. The maximum Gasteiger partial charge on any atom is 0.249 e. The largest absolute Gasteiger partial charge is 0.366 e. The first kappa shape index (κ1) is 14.3. The lowest BCUT2D eigenvalue weighted by Crippen LogP contribution is -2.11. The summed E-state index contributed by atoms with van der Waals surface area (Å²) in [6.07, 6.45) is 5.30. The average Bonchev–Trinajstić information content (AvgIpc) is 3.14. The van der Waals surface area contributed by atoms with E-state index in [2.05, 4.69) is 35.8 Å². The Kier molecular flexibility index (Phi) is 3.37. The predicted octanol–water partition coefficient (Wildman–Crippen LogP) is 4.39. The summed E-state index contributed by atoms with van der Waals surface area (Å²) < 4.78 is 2.40. The Hall–Kier alpha value is -2.29. The SMILES string of the molecule is Cc1ccc2c3c(C(N)=O)cccc3n(CC3CCCC3)c2c1. The number of nitrogens with two attached hydrogens (primary N) is 1. The van der Waals surface area contributed by atoms with E-state index < -0.39 is 0 Å². The molecule has 0 unspecified atom stereocenters. The molecule has 1 aliphatic rings. The minimum absolute atomic E-state index is 0.351. The molecule has 1 amide bonds. The van der Waals surface area contributed by atoms with Gasteiger partial charge in [-0.25, -0.2) is 0 Å². The van der Waals surface area contributed by atoms with Crippen molar-refractivity contribution in [2.45, 2.75) is 39.2 Å². The van der Waals surface area contributed by atoms with Crippen LogP contribution >= 0.6 is 0 Å². The number of hydrogen-bond acceptors (Lipinski definition) is 1. The number of fused-ring (bicyclic) bond motifs is 3. The Morgan fingerprint density at radius 2 is 1.96 bits per heavy atom. The zero-order valence-electron chi connectivity index (χ0n) is 13.5. The van der Waals surface area contributed by atoms with Crippen LogP contribution in [-0.4, -0.2) is 10.5 Å². The van der Waals surface area contributed by atoms with E-state index in [1.54, 1.807) is 0 Å². The molecule has 1 saturated carbocycles. The second kappa shape index (κ2) is 5.41. The van der Waals surface area contributed by atoms with Crippen LogP contribution in [-0.2, 0) is 6.54 Å². The zero-order valence-corrected chi connectivity index (χ0v) is 13.5. The number of rotatable bonds is 3. The van der Waals surface area contributed by atoms with E-state index in [4.69, 9.17) is 5.73 Å². The second-order valence-electron chi connectivity index (χ2n) is 6.85. The number of carbonyl (C=O) groups excluding carboxylic acids is 1. The number of hydrogen-bond donors (Lipinski definition) is 1. The molecule has 0 radical (unpaired) electrons. The van der Waals surface area contributed by atoms with Crippen LogP contribution < -0.4 is 5.73 Å². The van der Waals surface area contributed by atoms with Crippen LogP contribution in [0.3, 0.4) is 0 Å². The van der Waals surface area contributed by atoms with Crippen molar-refractivity contribution in [1.82, 2.24) is 4.57 Å². The number of carbonyl (C=O) groups is 1. The van der Waals surface area contributed by atoms with Gasteiger partial charge in [-0.05, 0) is 49.4 Å². The van der Waals surface area contributed by atoms with Crippen LogP contribution in [0.4, 0.5) is 0 Å². The van der Waals surface area contributed by atoms with Crippen molar-refractivity contribution >= 4 is 27.7 Å². The Balaban J connectivity index is 2.02. The van der Waals surface area contributed by atoms with Gasteiger partial charge in [0.05, 0.1) is 0 Å². The lowest BCUT2D eigenvalue weighted by atomic mass is 10.1. The molecule has 118 valence electrons. The summed E-state index contributed by atoms with van der Waals surface area (Å²) in [6, 6.07) is 12.4. The van der Waals surface area contributed by atoms with Gasteiger partial charge in [-0.15, -0.1) is 0 Å². The first-order valence-electron chi connectivity index (χ1n) is 8.46. The Bertz CT molecular complexity index is 901. The average molecular weight is 306 g/mol. The lowest BCUT2D eigenvalue weighted by Gasteiger charge is -2.13. The van der Waals surface area contributed by atoms with Gasteiger partial charge in [0.2, 0.25) is 5.91 Å². The van der Waals surface area contributed by atoms with Crippen LogP contribution in [0.2, 0.25) is 0 Å². The zero-order chi connectivity index (χ0) is 16.0. The molecular formula is C20H22N2O. The van der Waals surface area contributed by atoms with Crippen molar-refractivity contribution in [3.05, 3.63) is 47.5 Å². The number of nitrogens with zero attached hydrogens (tertiary/aromatic N) is 1. The van der Waals surface area contributed by atoms with E-state index in [0.29, 0.717) is 5.56 Å². The minimum atomic E-state index is -0.351. The van der Waals surface area contributed by atoms with Gasteiger partial charge in [-0.3, -0.25) is 4.79 Å². The predicted molar refractivity (Wildman–Crippen MR) is 94.7 cm³/mol. The van der Waals surface area contributed by atoms with E-state index in [1.807, 2.05) is 12.1 Å². The summed E-state index contributed by atoms with van der Waals surface area (Å²) >= 11 is 0. The van der Waals surface area contributed by atoms with Crippen LogP contribution in [0.15, 0.2) is 36.4 Å². The van der Waals surface area contributed by atoms with Crippen molar-refractivity contribution in [3.63, 3.8) is 0 Å². The van der Waals surface area contributed by atoms with Crippen LogP contribution in [0.5, 0.6) is 0 Å². The van der Waals surface area contributed by atoms with E-state index >= 15 is 0 Å². The van der Waals surface area contributed by atoms with E-state index in [-0.39, 0.29) is 5.91 Å². The van der Waals surface area contributed by atoms with Gasteiger partial charge >= 0.3 is 0 Å². The highest BCUT2D eigenvalue weighted by atomic mass is 16.1. The Labute approximate surface area is 136 Å². The van der Waals surface area contributed by atoms with Crippen molar-refractivity contribution in [2.24, 2.45) is 11.7 Å². The molecular weight excluding hydrogens is 284 g/mol. The molecule has 3 nitrogen and oxygen atoms in total. The van der Waals surface area contributed by atoms with Gasteiger partial charge < -0.3 is 10.3 Å². The number of aryl methyl sites for hydroxylation is 1. The normalized spacial score (nSPS) is 15.7. The smallest absolute Gasteiger partial charge is 0.249 e. The van der Waals surface area contributed by atoms with Crippen molar-refractivity contribution in [1.29, 1.82) is 0 Å². The van der Waals surface area contributed by atoms with Gasteiger partial charge in [0.15, 0.2) is 0 Å². The van der Waals surface area contributed by atoms with E-state index in [0.717, 1.165) is 28.8 Å². The molecule has 1 heterocycles. The third kappa shape index (κ3) is 2.31. The molecule has 2 N–H and O–H groups in total. The fourth-order valence-corrected chi connectivity index (χ4v) is 4.11. The molecule has 0 atom stereocenters. The maximum atomic E-state index is 11.9. The van der Waals surface area contributed by atoms with Crippen molar-refractivity contribution in [3.8, 4) is 0 Å². The number of primary amides is 1. The molecule has 1 aliphatic carbocycles. The minimum Gasteiger partial charge on any atom is -0.366 e. The maximum absolute atomic E-state index is 11.9. The van der Waals surface area contributed by atoms with Gasteiger partial charge in [0.25, 0.3) is 0 Å². The highest BCUT2D eigenvalue weighted by Crippen LogP contribution is 2.35. The summed E-state index contributed by atoms with van der Waals surface area (Å²) in [5.41, 5.74) is 9.85. The van der Waals surface area contributed by atoms with Gasteiger partial charge in [0.1, 0.15) is 0 Å². The molecule has 0 aliphatic heterocycles. The van der Waals surface area contributed by atoms with Crippen molar-refractivity contribution < 1.29 is 4.79 Å². The van der Waals surface area contributed by atoms with E-state index in [1.165, 1.54) is 36.8 Å². The van der Waals surface area contributed by atoms with Crippen LogP contribution in [0, 0.1) is 12.8 Å². The van der Waals surface area contributed by atoms with E-state index in [9.17, 15) is 4.79 Å². The first-order chi connectivity index (χ1) is 11.1. The number of amides is 1. The third-order valence-corrected chi connectivity index (χ3v) is 5.23. The monoisotopic (exact) mass is 306 g/mol. The van der Waals surface area contributed by atoms with Crippen LogP contribution in [0.25, 0.3) is 21.8 Å². The first-order valence-corrected chi connectivity index (χ1v) is 8.46. The molecule has 0 bridgehead atoms. The molecule has 4 rings (SSSR count). The molecule has 3 aromatic rings. The molecule has 3 heteroatoms. The highest BCUT2D eigenvalue weighted by molar-refractivity contribution is 6.17. The molecule has 0 spiro atoms. The Morgan fingerprint density at radius 3 is 2.70 bits per heavy atom. The van der Waals surface area contributed by atoms with Crippen LogP contribution in [0.1, 0.15) is 41.6 Å². The standard InChI is InChI=1S/C20H22N2O/c1-13-9-10-15-18(11-13)22(12-14-5-2-3-6-14)17-8-4-7-16(19(15)17)20(21)23/h4,7-11,14H,2-3,5-6,12H2,1H3,(H2,21,23). The highest BCUT2D eigenvalue weighted by Gasteiger charge is 2.20. The fourth-order valence-electron chi connectivity index (χ4n) is 4.11. The van der Waals surface area contributed by atoms with Gasteiger partial charge in [0, 0.05) is 33.9 Å². The van der Waals surface area contributed by atoms with Crippen molar-refractivity contribution in [2.75, 3.05) is 0 Å². The molecule has 1 aromatic heterocycles. The number of aromatic nitrogens is 1. The topological polar surface area (TPSA) is 48.0 Å².